The number of hydrogen-bond acceptors (Lipinski definition) is 6. The van der Waals surface area contributed by atoms with Crippen molar-refractivity contribution in [3.8, 4) is 0 Å². The molecule has 1 aromatic carbocycles. The number of likely N-dealkylation sites (tertiary alicyclic amines) is 1. The Bertz CT molecular complexity index is 1020. The van der Waals surface area contributed by atoms with Crippen LogP contribution >= 0.6 is 23.1 Å². The molecule has 8 heteroatoms. The molecule has 2 N–H and O–H groups in total. The Balaban J connectivity index is 1.15. The van der Waals surface area contributed by atoms with E-state index in [4.69, 9.17) is 0 Å². The van der Waals surface area contributed by atoms with Gasteiger partial charge in [0.05, 0.1) is 27.3 Å². The summed E-state index contributed by atoms with van der Waals surface area (Å²) in [5.74, 6) is 0.545. The topological polar surface area (TPSA) is 73.9 Å². The first-order valence-corrected chi connectivity index (χ1v) is 11.3. The summed E-state index contributed by atoms with van der Waals surface area (Å²) in [5.41, 5.74) is 4.92. The predicted octanol–water partition coefficient (Wildman–Crippen LogP) is 3.49. The van der Waals surface area contributed by atoms with E-state index in [0.29, 0.717) is 5.92 Å². The molecule has 5 rings (SSSR count). The first kappa shape index (κ1) is 17.9. The summed E-state index contributed by atoms with van der Waals surface area (Å²) in [6, 6.07) is 6.01. The van der Waals surface area contributed by atoms with Gasteiger partial charge in [0.25, 0.3) is 5.91 Å². The molecule has 2 aliphatic heterocycles. The lowest BCUT2D eigenvalue weighted by atomic mass is 9.96. The molecule has 1 saturated heterocycles. The molecule has 6 nitrogen and oxygen atoms in total. The van der Waals surface area contributed by atoms with Gasteiger partial charge in [0, 0.05) is 28.8 Å². The normalized spacial score (nSPS) is 17.6. The summed E-state index contributed by atoms with van der Waals surface area (Å²) >= 11 is 3.18. The smallest absolute Gasteiger partial charge is 0.258 e. The average molecular weight is 412 g/mol. The molecule has 0 atom stereocenters. The molecule has 0 unspecified atom stereocenters. The third-order valence-corrected chi connectivity index (χ3v) is 7.14. The van der Waals surface area contributed by atoms with Gasteiger partial charge in [-0.25, -0.2) is 4.98 Å². The zero-order valence-corrected chi connectivity index (χ0v) is 17.0. The Morgan fingerprint density at radius 3 is 3.04 bits per heavy atom. The van der Waals surface area contributed by atoms with Crippen LogP contribution in [0.25, 0.3) is 17.0 Å². The van der Waals surface area contributed by atoms with Crippen LogP contribution in [0.3, 0.4) is 0 Å². The van der Waals surface area contributed by atoms with E-state index < -0.39 is 0 Å². The summed E-state index contributed by atoms with van der Waals surface area (Å²) in [5, 5.41) is 13.7. The summed E-state index contributed by atoms with van der Waals surface area (Å²) in [4.78, 5) is 21.4. The highest BCUT2D eigenvalue weighted by Crippen LogP contribution is 2.39. The van der Waals surface area contributed by atoms with Crippen molar-refractivity contribution in [2.45, 2.75) is 24.3 Å². The number of carbonyl (C=O) groups is 1. The van der Waals surface area contributed by atoms with Gasteiger partial charge in [0.15, 0.2) is 0 Å². The van der Waals surface area contributed by atoms with Crippen LogP contribution in [-0.4, -0.2) is 45.6 Å². The fourth-order valence-corrected chi connectivity index (χ4v) is 5.45. The van der Waals surface area contributed by atoms with E-state index in [-0.39, 0.29) is 5.91 Å². The Hall–Kier alpha value is -2.16. The lowest BCUT2D eigenvalue weighted by molar-refractivity contribution is -0.117. The standard InChI is InChI=1S/C20H21N5OS2/c26-20(18-8-16-19-15(23-24-16)2-1-3-17(19)28-18)21-9-13-4-6-25(7-5-13)10-14-11-27-12-22-14/h1-3,8,11-13H,4-7,9-10H2,(H,21,26)(H,23,24). The number of rotatable bonds is 5. The molecule has 28 heavy (non-hydrogen) atoms. The van der Waals surface area contributed by atoms with Crippen molar-refractivity contribution >= 4 is 46.0 Å². The van der Waals surface area contributed by atoms with Crippen LogP contribution in [0.4, 0.5) is 0 Å². The fourth-order valence-electron chi connectivity index (χ4n) is 3.86. The maximum absolute atomic E-state index is 12.7. The summed E-state index contributed by atoms with van der Waals surface area (Å²) in [6.07, 6.45) is 4.14. The largest absolute Gasteiger partial charge is 0.351 e. The number of carbonyl (C=O) groups excluding carboxylic acids is 1. The number of amides is 1. The lowest BCUT2D eigenvalue weighted by Gasteiger charge is -2.31. The molecule has 3 aromatic rings. The van der Waals surface area contributed by atoms with Crippen molar-refractivity contribution in [1.29, 1.82) is 0 Å². The number of piperidine rings is 1. The van der Waals surface area contributed by atoms with E-state index in [9.17, 15) is 4.79 Å². The number of aromatic amines is 1. The fraction of sp³-hybridized carbons (Fsp3) is 0.350. The van der Waals surface area contributed by atoms with Crippen LogP contribution in [0.1, 0.15) is 24.2 Å². The molecule has 0 radical (unpaired) electrons. The SMILES string of the molecule is O=C(NCC1CCN(Cc2cscn2)CC1)C1=Cc2[nH]nc3cccc(c23)S1. The van der Waals surface area contributed by atoms with Crippen LogP contribution in [0, 0.1) is 5.92 Å². The molecule has 0 spiro atoms. The molecule has 2 aliphatic rings. The molecule has 144 valence electrons. The number of benzene rings is 1. The van der Waals surface area contributed by atoms with Crippen LogP contribution in [0.15, 0.2) is 38.9 Å². The number of hydrogen-bond donors (Lipinski definition) is 2. The van der Waals surface area contributed by atoms with E-state index in [1.807, 2.05) is 29.8 Å². The molecule has 0 saturated carbocycles. The Kier molecular flexibility index (Phi) is 4.92. The van der Waals surface area contributed by atoms with Crippen molar-refractivity contribution in [3.05, 3.63) is 45.4 Å². The predicted molar refractivity (Wildman–Crippen MR) is 113 cm³/mol. The van der Waals surface area contributed by atoms with Crippen molar-refractivity contribution in [2.75, 3.05) is 19.6 Å². The van der Waals surface area contributed by atoms with Crippen LogP contribution in [-0.2, 0) is 11.3 Å². The number of thioether (sulfide) groups is 1. The van der Waals surface area contributed by atoms with Gasteiger partial charge < -0.3 is 5.32 Å². The lowest BCUT2D eigenvalue weighted by Crippen LogP contribution is -2.38. The second-order valence-electron chi connectivity index (χ2n) is 7.31. The van der Waals surface area contributed by atoms with E-state index in [1.165, 1.54) is 11.8 Å². The maximum Gasteiger partial charge on any atom is 0.258 e. The van der Waals surface area contributed by atoms with Gasteiger partial charge in [-0.1, -0.05) is 17.8 Å². The Labute approximate surface area is 171 Å². The van der Waals surface area contributed by atoms with E-state index >= 15 is 0 Å². The molecule has 1 fully saturated rings. The van der Waals surface area contributed by atoms with Crippen LogP contribution < -0.4 is 5.32 Å². The number of nitrogens with zero attached hydrogens (tertiary/aromatic N) is 3. The highest BCUT2D eigenvalue weighted by Gasteiger charge is 2.23. The molecule has 0 aliphatic carbocycles. The molecule has 1 amide bonds. The second kappa shape index (κ2) is 7.69. The molecular formula is C20H21N5OS2. The van der Waals surface area contributed by atoms with Crippen molar-refractivity contribution < 1.29 is 4.79 Å². The van der Waals surface area contributed by atoms with E-state index in [2.05, 4.69) is 30.8 Å². The minimum absolute atomic E-state index is 0.00663. The first-order chi connectivity index (χ1) is 13.8. The number of nitrogens with one attached hydrogen (secondary N) is 2. The van der Waals surface area contributed by atoms with Gasteiger partial charge in [-0.15, -0.1) is 11.3 Å². The van der Waals surface area contributed by atoms with Gasteiger partial charge in [0.2, 0.25) is 0 Å². The van der Waals surface area contributed by atoms with Crippen LogP contribution in [0.5, 0.6) is 0 Å². The highest BCUT2D eigenvalue weighted by molar-refractivity contribution is 8.04. The van der Waals surface area contributed by atoms with Gasteiger partial charge in [-0.3, -0.25) is 14.8 Å². The Morgan fingerprint density at radius 2 is 2.21 bits per heavy atom. The quantitative estimate of drug-likeness (QED) is 0.672. The molecular weight excluding hydrogens is 390 g/mol. The van der Waals surface area contributed by atoms with Gasteiger partial charge in [0.1, 0.15) is 0 Å². The van der Waals surface area contributed by atoms with E-state index in [1.54, 1.807) is 11.3 Å². The van der Waals surface area contributed by atoms with Crippen LogP contribution in [0.2, 0.25) is 0 Å². The summed E-state index contributed by atoms with van der Waals surface area (Å²) in [6.45, 7) is 3.80. The first-order valence-electron chi connectivity index (χ1n) is 9.50. The van der Waals surface area contributed by atoms with Crippen molar-refractivity contribution in [1.82, 2.24) is 25.4 Å². The number of H-pyrrole nitrogens is 1. The minimum Gasteiger partial charge on any atom is -0.351 e. The van der Waals surface area contributed by atoms with Gasteiger partial charge in [-0.2, -0.15) is 5.10 Å². The van der Waals surface area contributed by atoms with Gasteiger partial charge in [-0.05, 0) is 50.1 Å². The van der Waals surface area contributed by atoms with E-state index in [0.717, 1.165) is 71.1 Å². The molecule has 0 bridgehead atoms. The highest BCUT2D eigenvalue weighted by atomic mass is 32.2. The van der Waals surface area contributed by atoms with Gasteiger partial charge >= 0.3 is 0 Å². The number of aromatic nitrogens is 3. The maximum atomic E-state index is 12.7. The monoisotopic (exact) mass is 411 g/mol. The zero-order valence-electron chi connectivity index (χ0n) is 15.4. The second-order valence-corrected chi connectivity index (χ2v) is 9.11. The zero-order chi connectivity index (χ0) is 18.9. The van der Waals surface area contributed by atoms with Crippen molar-refractivity contribution in [2.24, 2.45) is 5.92 Å². The Morgan fingerprint density at radius 1 is 1.32 bits per heavy atom. The minimum atomic E-state index is 0.00663. The summed E-state index contributed by atoms with van der Waals surface area (Å²) < 4.78 is 0. The molecule has 2 aromatic heterocycles. The molecule has 4 heterocycles. The average Bonchev–Trinajstić information content (AvgIpc) is 3.38. The third-order valence-electron chi connectivity index (χ3n) is 5.42. The number of thiazole rings is 1. The third kappa shape index (κ3) is 3.59. The van der Waals surface area contributed by atoms with Crippen molar-refractivity contribution in [3.63, 3.8) is 0 Å². The summed E-state index contributed by atoms with van der Waals surface area (Å²) in [7, 11) is 0.